The first-order valence-electron chi connectivity index (χ1n) is 6.88. The van der Waals surface area contributed by atoms with Crippen molar-refractivity contribution in [3.8, 4) is 0 Å². The highest BCUT2D eigenvalue weighted by atomic mass is 19.4. The van der Waals surface area contributed by atoms with Gasteiger partial charge in [-0.05, 0) is 12.0 Å². The molecule has 0 aliphatic carbocycles. The number of carbonyl (C=O) groups is 1. The quantitative estimate of drug-likeness (QED) is 0.481. The van der Waals surface area contributed by atoms with Crippen molar-refractivity contribution >= 4 is 11.9 Å². The van der Waals surface area contributed by atoms with Crippen molar-refractivity contribution in [2.45, 2.75) is 25.7 Å². The number of halogens is 4. The van der Waals surface area contributed by atoms with Crippen molar-refractivity contribution in [3.63, 3.8) is 0 Å². The standard InChI is InChI=1S/C14H15F4N3O2/c1-9(22)23-8-12(15)10-2-4-21(5-3-10)13-19-6-11(7-20-13)14(16,17)18/h2,6-7,12H,3-5,8H2,1H3. The molecule has 0 saturated carbocycles. The van der Waals surface area contributed by atoms with Crippen LogP contribution in [0, 0.1) is 0 Å². The third kappa shape index (κ3) is 4.64. The number of rotatable bonds is 4. The Bertz CT molecular complexity index is 587. The molecule has 2 heterocycles. The van der Waals surface area contributed by atoms with Crippen LogP contribution in [0.1, 0.15) is 18.9 Å². The van der Waals surface area contributed by atoms with Gasteiger partial charge in [-0.15, -0.1) is 0 Å². The molecule has 0 amide bonds. The van der Waals surface area contributed by atoms with Gasteiger partial charge in [-0.1, -0.05) is 6.08 Å². The van der Waals surface area contributed by atoms with Crippen molar-refractivity contribution in [1.82, 2.24) is 9.97 Å². The maximum absolute atomic E-state index is 13.8. The molecule has 0 bridgehead atoms. The molecule has 0 radical (unpaired) electrons. The third-order valence-electron chi connectivity index (χ3n) is 3.33. The highest BCUT2D eigenvalue weighted by molar-refractivity contribution is 5.65. The Morgan fingerprint density at radius 1 is 1.39 bits per heavy atom. The molecule has 126 valence electrons. The number of hydrogen-bond acceptors (Lipinski definition) is 5. The van der Waals surface area contributed by atoms with Crippen molar-refractivity contribution in [2.75, 3.05) is 24.6 Å². The van der Waals surface area contributed by atoms with Crippen molar-refractivity contribution in [3.05, 3.63) is 29.6 Å². The molecule has 1 unspecified atom stereocenters. The third-order valence-corrected chi connectivity index (χ3v) is 3.33. The largest absolute Gasteiger partial charge is 0.462 e. The predicted octanol–water partition coefficient (Wildman–Crippen LogP) is 2.53. The van der Waals surface area contributed by atoms with Crippen LogP contribution in [0.5, 0.6) is 0 Å². The van der Waals surface area contributed by atoms with Crippen LogP contribution in [0.4, 0.5) is 23.5 Å². The fourth-order valence-corrected chi connectivity index (χ4v) is 2.08. The molecule has 0 saturated heterocycles. The molecule has 0 spiro atoms. The molecule has 1 aromatic heterocycles. The fourth-order valence-electron chi connectivity index (χ4n) is 2.08. The summed E-state index contributed by atoms with van der Waals surface area (Å²) in [5.74, 6) is -0.396. The van der Waals surface area contributed by atoms with Gasteiger partial charge in [-0.25, -0.2) is 14.4 Å². The van der Waals surface area contributed by atoms with Gasteiger partial charge in [-0.2, -0.15) is 13.2 Å². The average Bonchev–Trinajstić information content (AvgIpc) is 2.52. The molecule has 9 heteroatoms. The summed E-state index contributed by atoms with van der Waals surface area (Å²) in [6.45, 7) is 1.52. The minimum Gasteiger partial charge on any atom is -0.462 e. The van der Waals surface area contributed by atoms with Gasteiger partial charge in [0.25, 0.3) is 0 Å². The Morgan fingerprint density at radius 2 is 2.04 bits per heavy atom. The number of carbonyl (C=O) groups excluding carboxylic acids is 1. The summed E-state index contributed by atoms with van der Waals surface area (Å²) in [5, 5.41) is 0. The minimum absolute atomic E-state index is 0.156. The normalized spacial score (nSPS) is 16.7. The van der Waals surface area contributed by atoms with Gasteiger partial charge in [-0.3, -0.25) is 4.79 Å². The number of aromatic nitrogens is 2. The van der Waals surface area contributed by atoms with Crippen LogP contribution < -0.4 is 4.90 Å². The first-order chi connectivity index (χ1) is 10.8. The lowest BCUT2D eigenvalue weighted by atomic mass is 10.0. The van der Waals surface area contributed by atoms with E-state index in [9.17, 15) is 22.4 Å². The summed E-state index contributed by atoms with van der Waals surface area (Å²) >= 11 is 0. The van der Waals surface area contributed by atoms with Gasteiger partial charge >= 0.3 is 12.1 Å². The van der Waals surface area contributed by atoms with E-state index >= 15 is 0 Å². The van der Waals surface area contributed by atoms with E-state index < -0.39 is 23.9 Å². The van der Waals surface area contributed by atoms with Crippen LogP contribution in [0.3, 0.4) is 0 Å². The molecule has 0 aromatic carbocycles. The number of ether oxygens (including phenoxy) is 1. The number of alkyl halides is 4. The van der Waals surface area contributed by atoms with Gasteiger partial charge in [0.2, 0.25) is 5.95 Å². The zero-order chi connectivity index (χ0) is 17.0. The molecule has 1 aliphatic rings. The summed E-state index contributed by atoms with van der Waals surface area (Å²) in [4.78, 5) is 19.7. The fraction of sp³-hybridized carbons (Fsp3) is 0.500. The second kappa shape index (κ2) is 6.93. The van der Waals surface area contributed by atoms with E-state index in [2.05, 4.69) is 14.7 Å². The lowest BCUT2D eigenvalue weighted by Crippen LogP contribution is -2.32. The van der Waals surface area contributed by atoms with E-state index in [-0.39, 0.29) is 19.1 Å². The summed E-state index contributed by atoms with van der Waals surface area (Å²) in [7, 11) is 0. The monoisotopic (exact) mass is 333 g/mol. The molecule has 5 nitrogen and oxygen atoms in total. The van der Waals surface area contributed by atoms with E-state index in [0.717, 1.165) is 12.4 Å². The molecule has 23 heavy (non-hydrogen) atoms. The second-order valence-corrected chi connectivity index (χ2v) is 5.01. The lowest BCUT2D eigenvalue weighted by Gasteiger charge is -2.27. The van der Waals surface area contributed by atoms with Crippen molar-refractivity contribution < 1.29 is 27.1 Å². The summed E-state index contributed by atoms with van der Waals surface area (Å²) < 4.78 is 55.8. The lowest BCUT2D eigenvalue weighted by molar-refractivity contribution is -0.142. The van der Waals surface area contributed by atoms with Gasteiger partial charge in [0.1, 0.15) is 6.61 Å². The molecule has 2 rings (SSSR count). The zero-order valence-corrected chi connectivity index (χ0v) is 12.3. The number of nitrogens with zero attached hydrogens (tertiary/aromatic N) is 3. The molecule has 0 fully saturated rings. The Kier molecular flexibility index (Phi) is 5.17. The topological polar surface area (TPSA) is 55.3 Å². The molecule has 1 atom stereocenters. The number of esters is 1. The maximum Gasteiger partial charge on any atom is 0.419 e. The van der Waals surface area contributed by atoms with Gasteiger partial charge < -0.3 is 9.64 Å². The SMILES string of the molecule is CC(=O)OCC(F)C1=CCN(c2ncc(C(F)(F)F)cn2)CC1. The molecule has 1 aromatic rings. The Labute approximate surface area is 130 Å². The molecular formula is C14H15F4N3O2. The Balaban J connectivity index is 1.96. The van der Waals surface area contributed by atoms with Crippen LogP contribution in [0.15, 0.2) is 24.0 Å². The van der Waals surface area contributed by atoms with Gasteiger partial charge in [0, 0.05) is 32.4 Å². The zero-order valence-electron chi connectivity index (χ0n) is 12.3. The van der Waals surface area contributed by atoms with Gasteiger partial charge in [0.15, 0.2) is 6.17 Å². The van der Waals surface area contributed by atoms with Crippen LogP contribution >= 0.6 is 0 Å². The van der Waals surface area contributed by atoms with E-state index in [0.29, 0.717) is 18.5 Å². The highest BCUT2D eigenvalue weighted by Crippen LogP contribution is 2.28. The first kappa shape index (κ1) is 17.2. The van der Waals surface area contributed by atoms with Crippen LogP contribution in [-0.2, 0) is 15.7 Å². The highest BCUT2D eigenvalue weighted by Gasteiger charge is 2.31. The Morgan fingerprint density at radius 3 is 2.52 bits per heavy atom. The first-order valence-corrected chi connectivity index (χ1v) is 6.88. The number of hydrogen-bond donors (Lipinski definition) is 0. The Hall–Kier alpha value is -2.19. The molecule has 0 N–H and O–H groups in total. The molecular weight excluding hydrogens is 318 g/mol. The van der Waals surface area contributed by atoms with Gasteiger partial charge in [0.05, 0.1) is 5.56 Å². The predicted molar refractivity (Wildman–Crippen MR) is 73.5 cm³/mol. The summed E-state index contributed by atoms with van der Waals surface area (Å²) in [6.07, 6.45) is -2.45. The second-order valence-electron chi connectivity index (χ2n) is 5.01. The van der Waals surface area contributed by atoms with Crippen LogP contribution in [0.25, 0.3) is 0 Å². The summed E-state index contributed by atoms with van der Waals surface area (Å²) in [5.41, 5.74) is -0.422. The van der Waals surface area contributed by atoms with E-state index in [1.807, 2.05) is 0 Å². The van der Waals surface area contributed by atoms with Crippen LogP contribution in [0.2, 0.25) is 0 Å². The van der Waals surface area contributed by atoms with Crippen molar-refractivity contribution in [2.24, 2.45) is 0 Å². The maximum atomic E-state index is 13.8. The van der Waals surface area contributed by atoms with Crippen LogP contribution in [-0.4, -0.2) is 41.8 Å². The summed E-state index contributed by atoms with van der Waals surface area (Å²) in [6, 6.07) is 0. The average molecular weight is 333 g/mol. The number of anilines is 1. The van der Waals surface area contributed by atoms with Crippen molar-refractivity contribution in [1.29, 1.82) is 0 Å². The minimum atomic E-state index is -4.48. The smallest absolute Gasteiger partial charge is 0.419 e. The van der Waals surface area contributed by atoms with E-state index in [4.69, 9.17) is 0 Å². The molecule has 1 aliphatic heterocycles. The van der Waals surface area contributed by atoms with E-state index in [1.165, 1.54) is 6.92 Å². The van der Waals surface area contributed by atoms with E-state index in [1.54, 1.807) is 11.0 Å².